The van der Waals surface area contributed by atoms with Gasteiger partial charge >= 0.3 is 0 Å². The lowest BCUT2D eigenvalue weighted by atomic mass is 10.1. The van der Waals surface area contributed by atoms with Crippen molar-refractivity contribution in [2.45, 2.75) is 6.54 Å². The van der Waals surface area contributed by atoms with Crippen LogP contribution in [0.5, 0.6) is 5.75 Å². The maximum Gasteiger partial charge on any atom is 0.253 e. The summed E-state index contributed by atoms with van der Waals surface area (Å²) < 4.78 is 10.6. The normalized spacial score (nSPS) is 14.2. The summed E-state index contributed by atoms with van der Waals surface area (Å²) in [6, 6.07) is 9.03. The Balaban J connectivity index is 1.52. The van der Waals surface area contributed by atoms with Gasteiger partial charge in [-0.05, 0) is 12.1 Å². The van der Waals surface area contributed by atoms with Crippen LogP contribution in [0.2, 0.25) is 0 Å². The molecule has 0 spiro atoms. The lowest BCUT2D eigenvalue weighted by Crippen LogP contribution is -2.41. The van der Waals surface area contributed by atoms with E-state index in [9.17, 15) is 9.59 Å². The van der Waals surface area contributed by atoms with Crippen LogP contribution < -0.4 is 15.4 Å². The molecule has 1 aromatic heterocycles. The van der Waals surface area contributed by atoms with Crippen LogP contribution in [0.3, 0.4) is 0 Å². The van der Waals surface area contributed by atoms with Crippen LogP contribution in [0.15, 0.2) is 42.7 Å². The molecule has 0 bridgehead atoms. The van der Waals surface area contributed by atoms with E-state index in [-0.39, 0.29) is 11.8 Å². The predicted molar refractivity (Wildman–Crippen MR) is 108 cm³/mol. The van der Waals surface area contributed by atoms with E-state index >= 15 is 0 Å². The highest BCUT2D eigenvalue weighted by Crippen LogP contribution is 2.17. The van der Waals surface area contributed by atoms with E-state index in [1.807, 2.05) is 24.3 Å². The van der Waals surface area contributed by atoms with E-state index < -0.39 is 0 Å². The van der Waals surface area contributed by atoms with Crippen molar-refractivity contribution in [1.29, 1.82) is 0 Å². The SMILES string of the molecule is COc1ccccc1CNC(=O)c1cncc(C(=O)NCCN2CCOCC2)c1. The van der Waals surface area contributed by atoms with Crippen LogP contribution in [0, 0.1) is 0 Å². The fourth-order valence-corrected chi connectivity index (χ4v) is 3.07. The Morgan fingerprint density at radius 2 is 1.79 bits per heavy atom. The summed E-state index contributed by atoms with van der Waals surface area (Å²) in [6.07, 6.45) is 2.91. The highest BCUT2D eigenvalue weighted by Gasteiger charge is 2.13. The van der Waals surface area contributed by atoms with Gasteiger partial charge in [0.1, 0.15) is 5.75 Å². The largest absolute Gasteiger partial charge is 0.496 e. The summed E-state index contributed by atoms with van der Waals surface area (Å²) in [7, 11) is 1.59. The second-order valence-electron chi connectivity index (χ2n) is 6.67. The van der Waals surface area contributed by atoms with Crippen LogP contribution in [0.4, 0.5) is 0 Å². The number of carbonyl (C=O) groups is 2. The summed E-state index contributed by atoms with van der Waals surface area (Å²) in [5.74, 6) is 0.163. The molecule has 1 aliphatic heterocycles. The number of para-hydroxylation sites is 1. The number of morpholine rings is 1. The van der Waals surface area contributed by atoms with Crippen LogP contribution in [0.1, 0.15) is 26.3 Å². The minimum atomic E-state index is -0.300. The van der Waals surface area contributed by atoms with Crippen LogP contribution in [-0.4, -0.2) is 68.2 Å². The third kappa shape index (κ3) is 6.00. The molecule has 1 fully saturated rings. The molecule has 0 atom stereocenters. The molecule has 0 unspecified atom stereocenters. The van der Waals surface area contributed by atoms with Gasteiger partial charge in [0.05, 0.1) is 31.5 Å². The molecule has 0 aliphatic carbocycles. The fraction of sp³-hybridized carbons (Fsp3) is 0.381. The number of aromatic nitrogens is 1. The molecule has 1 saturated heterocycles. The van der Waals surface area contributed by atoms with Gasteiger partial charge in [-0.2, -0.15) is 0 Å². The van der Waals surface area contributed by atoms with Gasteiger partial charge in [-0.3, -0.25) is 19.5 Å². The van der Waals surface area contributed by atoms with Gasteiger partial charge in [-0.15, -0.1) is 0 Å². The van der Waals surface area contributed by atoms with Gasteiger partial charge < -0.3 is 20.1 Å². The zero-order valence-corrected chi connectivity index (χ0v) is 16.5. The first-order valence-electron chi connectivity index (χ1n) is 9.61. The zero-order valence-electron chi connectivity index (χ0n) is 16.5. The van der Waals surface area contributed by atoms with Gasteiger partial charge in [0, 0.05) is 50.7 Å². The molecule has 29 heavy (non-hydrogen) atoms. The third-order valence-corrected chi connectivity index (χ3v) is 4.71. The molecular weight excluding hydrogens is 372 g/mol. The average molecular weight is 398 g/mol. The van der Waals surface area contributed by atoms with Crippen LogP contribution >= 0.6 is 0 Å². The van der Waals surface area contributed by atoms with Crippen molar-refractivity contribution in [3.05, 3.63) is 59.4 Å². The number of nitrogens with zero attached hydrogens (tertiary/aromatic N) is 2. The molecule has 2 amide bonds. The molecule has 2 N–H and O–H groups in total. The number of hydrogen-bond donors (Lipinski definition) is 2. The van der Waals surface area contributed by atoms with Gasteiger partial charge in [-0.25, -0.2) is 0 Å². The number of benzene rings is 1. The maximum atomic E-state index is 12.5. The molecule has 154 valence electrons. The Hall–Kier alpha value is -2.97. The van der Waals surface area contributed by atoms with E-state index in [4.69, 9.17) is 9.47 Å². The number of pyridine rings is 1. The van der Waals surface area contributed by atoms with Crippen LogP contribution in [-0.2, 0) is 11.3 Å². The second-order valence-corrected chi connectivity index (χ2v) is 6.67. The number of methoxy groups -OCH3 is 1. The van der Waals surface area contributed by atoms with Crippen molar-refractivity contribution < 1.29 is 19.1 Å². The first-order valence-corrected chi connectivity index (χ1v) is 9.61. The summed E-state index contributed by atoms with van der Waals surface area (Å²) in [6.45, 7) is 4.82. The first kappa shape index (κ1) is 20.8. The number of nitrogens with one attached hydrogen (secondary N) is 2. The minimum absolute atomic E-state index is 0.245. The molecule has 1 aromatic carbocycles. The van der Waals surface area contributed by atoms with Crippen molar-refractivity contribution in [2.75, 3.05) is 46.5 Å². The lowest BCUT2D eigenvalue weighted by Gasteiger charge is -2.26. The highest BCUT2D eigenvalue weighted by atomic mass is 16.5. The van der Waals surface area contributed by atoms with Gasteiger partial charge in [0.2, 0.25) is 0 Å². The number of amides is 2. The van der Waals surface area contributed by atoms with Gasteiger partial charge in [-0.1, -0.05) is 18.2 Å². The number of hydrogen-bond acceptors (Lipinski definition) is 6. The van der Waals surface area contributed by atoms with Crippen molar-refractivity contribution in [3.63, 3.8) is 0 Å². The Morgan fingerprint density at radius 1 is 1.10 bits per heavy atom. The molecule has 8 heteroatoms. The smallest absolute Gasteiger partial charge is 0.253 e. The molecule has 3 rings (SSSR count). The van der Waals surface area contributed by atoms with E-state index in [2.05, 4.69) is 20.5 Å². The van der Waals surface area contributed by atoms with Crippen molar-refractivity contribution in [3.8, 4) is 5.75 Å². The third-order valence-electron chi connectivity index (χ3n) is 4.71. The molecule has 2 heterocycles. The summed E-state index contributed by atoms with van der Waals surface area (Å²) in [5, 5.41) is 5.71. The zero-order chi connectivity index (χ0) is 20.5. The second kappa shape index (κ2) is 10.5. The average Bonchev–Trinajstić information content (AvgIpc) is 2.78. The molecule has 2 aromatic rings. The molecule has 0 saturated carbocycles. The van der Waals surface area contributed by atoms with Crippen LogP contribution in [0.25, 0.3) is 0 Å². The van der Waals surface area contributed by atoms with E-state index in [1.54, 1.807) is 13.2 Å². The van der Waals surface area contributed by atoms with E-state index in [0.717, 1.165) is 38.4 Å². The maximum absolute atomic E-state index is 12.5. The standard InChI is InChI=1S/C21H26N4O4/c1-28-19-5-3-2-4-16(19)15-24-21(27)18-12-17(13-22-14-18)20(26)23-6-7-25-8-10-29-11-9-25/h2-5,12-14H,6-11,15H2,1H3,(H,23,26)(H,24,27). The van der Waals surface area contributed by atoms with E-state index in [0.29, 0.717) is 30.0 Å². The van der Waals surface area contributed by atoms with Gasteiger partial charge in [0.15, 0.2) is 0 Å². The first-order chi connectivity index (χ1) is 14.2. The Labute approximate surface area is 170 Å². The predicted octanol–water partition coefficient (Wildman–Crippen LogP) is 1.08. The summed E-state index contributed by atoms with van der Waals surface area (Å²) in [4.78, 5) is 31.1. The summed E-state index contributed by atoms with van der Waals surface area (Å²) >= 11 is 0. The molecule has 1 aliphatic rings. The van der Waals surface area contributed by atoms with Gasteiger partial charge in [0.25, 0.3) is 11.8 Å². The minimum Gasteiger partial charge on any atom is -0.496 e. The molecular formula is C21H26N4O4. The van der Waals surface area contributed by atoms with Crippen molar-refractivity contribution in [1.82, 2.24) is 20.5 Å². The number of ether oxygens (including phenoxy) is 2. The Bertz CT molecular complexity index is 837. The highest BCUT2D eigenvalue weighted by molar-refractivity contribution is 5.99. The monoisotopic (exact) mass is 398 g/mol. The topological polar surface area (TPSA) is 92.8 Å². The Morgan fingerprint density at radius 3 is 2.52 bits per heavy atom. The molecule has 0 radical (unpaired) electrons. The number of carbonyl (C=O) groups excluding carboxylic acids is 2. The van der Waals surface area contributed by atoms with E-state index in [1.165, 1.54) is 12.4 Å². The summed E-state index contributed by atoms with van der Waals surface area (Å²) in [5.41, 5.74) is 1.56. The fourth-order valence-electron chi connectivity index (χ4n) is 3.07. The lowest BCUT2D eigenvalue weighted by molar-refractivity contribution is 0.0383. The van der Waals surface area contributed by atoms with Crippen molar-refractivity contribution >= 4 is 11.8 Å². The Kier molecular flexibility index (Phi) is 7.54. The number of rotatable bonds is 8. The van der Waals surface area contributed by atoms with Crippen molar-refractivity contribution in [2.24, 2.45) is 0 Å². The quantitative estimate of drug-likeness (QED) is 0.691. The molecule has 8 nitrogen and oxygen atoms in total.